The van der Waals surface area contributed by atoms with E-state index in [-0.39, 0.29) is 0 Å². The molecule has 0 spiro atoms. The zero-order valence-corrected chi connectivity index (χ0v) is 5.84. The highest BCUT2D eigenvalue weighted by Crippen LogP contribution is 2.21. The smallest absolute Gasteiger partial charge is 0.154 e. The highest BCUT2D eigenvalue weighted by molar-refractivity contribution is 4.65. The Morgan fingerprint density at radius 2 is 2.44 bits per heavy atom. The molecule has 0 aromatic rings. The minimum absolute atomic E-state index is 0.471. The lowest BCUT2D eigenvalue weighted by Gasteiger charge is -2.01. The molecular weight excluding hydrogens is 116 g/mol. The van der Waals surface area contributed by atoms with Crippen LogP contribution in [0.5, 0.6) is 0 Å². The van der Waals surface area contributed by atoms with Gasteiger partial charge < -0.3 is 9.84 Å². The summed E-state index contributed by atoms with van der Waals surface area (Å²) in [4.78, 5) is 0. The molecule has 0 saturated carbocycles. The van der Waals surface area contributed by atoms with Crippen molar-refractivity contribution in [2.45, 2.75) is 32.5 Å². The van der Waals surface area contributed by atoms with Crippen molar-refractivity contribution in [1.29, 1.82) is 0 Å². The Morgan fingerprint density at radius 3 is 2.89 bits per heavy atom. The monoisotopic (exact) mass is 130 g/mol. The quantitative estimate of drug-likeness (QED) is 0.607. The van der Waals surface area contributed by atoms with Gasteiger partial charge in [-0.1, -0.05) is 13.3 Å². The molecule has 0 aromatic carbocycles. The van der Waals surface area contributed by atoms with E-state index in [2.05, 4.69) is 6.92 Å². The van der Waals surface area contributed by atoms with E-state index >= 15 is 0 Å². The molecule has 1 unspecified atom stereocenters. The SMILES string of the molecule is CCC[C@H]1COC(O)C1. The molecule has 2 heteroatoms. The van der Waals surface area contributed by atoms with E-state index < -0.39 is 6.29 Å². The molecule has 1 fully saturated rings. The van der Waals surface area contributed by atoms with E-state index in [9.17, 15) is 0 Å². The number of hydrogen-bond acceptors (Lipinski definition) is 2. The normalized spacial score (nSPS) is 35.3. The number of aliphatic hydroxyl groups excluding tert-OH is 1. The molecular formula is C7H14O2. The van der Waals surface area contributed by atoms with Gasteiger partial charge in [0, 0.05) is 6.42 Å². The number of hydrogen-bond donors (Lipinski definition) is 1. The first-order valence-electron chi connectivity index (χ1n) is 3.62. The molecule has 0 aliphatic carbocycles. The maximum Gasteiger partial charge on any atom is 0.154 e. The lowest BCUT2D eigenvalue weighted by molar-refractivity contribution is -0.0591. The van der Waals surface area contributed by atoms with Crippen molar-refractivity contribution in [3.05, 3.63) is 0 Å². The Balaban J connectivity index is 2.14. The molecule has 1 saturated heterocycles. The third kappa shape index (κ3) is 1.95. The van der Waals surface area contributed by atoms with Crippen molar-refractivity contribution >= 4 is 0 Å². The molecule has 9 heavy (non-hydrogen) atoms. The lowest BCUT2D eigenvalue weighted by atomic mass is 10.0. The second kappa shape index (κ2) is 3.18. The molecule has 1 aliphatic heterocycles. The van der Waals surface area contributed by atoms with Crippen LogP contribution in [-0.2, 0) is 4.74 Å². The van der Waals surface area contributed by atoms with Crippen LogP contribution in [0, 0.1) is 5.92 Å². The van der Waals surface area contributed by atoms with Gasteiger partial charge in [-0.05, 0) is 12.3 Å². The summed E-state index contributed by atoms with van der Waals surface area (Å²) >= 11 is 0. The zero-order chi connectivity index (χ0) is 6.69. The van der Waals surface area contributed by atoms with Crippen LogP contribution < -0.4 is 0 Å². The van der Waals surface area contributed by atoms with Crippen molar-refractivity contribution in [3.63, 3.8) is 0 Å². The van der Waals surface area contributed by atoms with Crippen molar-refractivity contribution in [2.75, 3.05) is 6.61 Å². The number of ether oxygens (including phenoxy) is 1. The van der Waals surface area contributed by atoms with Crippen molar-refractivity contribution in [2.24, 2.45) is 5.92 Å². The predicted octanol–water partition coefficient (Wildman–Crippen LogP) is 1.14. The molecule has 0 aromatic heterocycles. The third-order valence-corrected chi connectivity index (χ3v) is 1.76. The summed E-state index contributed by atoms with van der Waals surface area (Å²) in [5, 5.41) is 8.90. The topological polar surface area (TPSA) is 29.5 Å². The van der Waals surface area contributed by atoms with E-state index in [0.29, 0.717) is 5.92 Å². The standard InChI is InChI=1S/C7H14O2/c1-2-3-6-4-7(8)9-5-6/h6-8H,2-5H2,1H3/t6-,7?/m1/s1. The predicted molar refractivity (Wildman–Crippen MR) is 35.0 cm³/mol. The second-order valence-corrected chi connectivity index (χ2v) is 2.68. The summed E-state index contributed by atoms with van der Waals surface area (Å²) in [6, 6.07) is 0. The van der Waals surface area contributed by atoms with Gasteiger partial charge in [0.15, 0.2) is 6.29 Å². The van der Waals surface area contributed by atoms with E-state index in [1.165, 1.54) is 12.8 Å². The Bertz CT molecular complexity index is 81.0. The van der Waals surface area contributed by atoms with Crippen LogP contribution in [0.15, 0.2) is 0 Å². The fourth-order valence-electron chi connectivity index (χ4n) is 1.28. The number of rotatable bonds is 2. The van der Waals surface area contributed by atoms with Crippen molar-refractivity contribution < 1.29 is 9.84 Å². The number of aliphatic hydroxyl groups is 1. The molecule has 0 amide bonds. The van der Waals surface area contributed by atoms with E-state index in [0.717, 1.165) is 13.0 Å². The Morgan fingerprint density at radius 1 is 1.67 bits per heavy atom. The summed E-state index contributed by atoms with van der Waals surface area (Å²) in [7, 11) is 0. The highest BCUT2D eigenvalue weighted by atomic mass is 16.6. The van der Waals surface area contributed by atoms with Gasteiger partial charge >= 0.3 is 0 Å². The fourth-order valence-corrected chi connectivity index (χ4v) is 1.28. The van der Waals surface area contributed by atoms with Crippen LogP contribution in [-0.4, -0.2) is 18.0 Å². The summed E-state index contributed by atoms with van der Waals surface area (Å²) in [6.45, 7) is 2.92. The average Bonchev–Trinajstić information content (AvgIpc) is 2.17. The van der Waals surface area contributed by atoms with Crippen LogP contribution >= 0.6 is 0 Å². The Labute approximate surface area is 55.8 Å². The van der Waals surface area contributed by atoms with Gasteiger partial charge in [0.1, 0.15) is 0 Å². The largest absolute Gasteiger partial charge is 0.368 e. The first-order chi connectivity index (χ1) is 4.33. The van der Waals surface area contributed by atoms with Crippen LogP contribution in [0.1, 0.15) is 26.2 Å². The first kappa shape index (κ1) is 7.03. The summed E-state index contributed by atoms with van der Waals surface area (Å²) < 4.78 is 4.97. The molecule has 2 nitrogen and oxygen atoms in total. The average molecular weight is 130 g/mol. The lowest BCUT2D eigenvalue weighted by Crippen LogP contribution is -2.01. The second-order valence-electron chi connectivity index (χ2n) is 2.68. The minimum Gasteiger partial charge on any atom is -0.368 e. The third-order valence-electron chi connectivity index (χ3n) is 1.76. The summed E-state index contributed by atoms with van der Waals surface area (Å²) in [5.74, 6) is 0.616. The van der Waals surface area contributed by atoms with Gasteiger partial charge in [0.2, 0.25) is 0 Å². The van der Waals surface area contributed by atoms with Gasteiger partial charge in [0.05, 0.1) is 6.61 Å². The van der Waals surface area contributed by atoms with Crippen LogP contribution in [0.25, 0.3) is 0 Å². The van der Waals surface area contributed by atoms with Crippen LogP contribution in [0.4, 0.5) is 0 Å². The molecule has 54 valence electrons. The molecule has 2 atom stereocenters. The van der Waals surface area contributed by atoms with Crippen molar-refractivity contribution in [1.82, 2.24) is 0 Å². The Kier molecular flexibility index (Phi) is 2.49. The molecule has 0 radical (unpaired) electrons. The molecule has 1 rings (SSSR count). The highest BCUT2D eigenvalue weighted by Gasteiger charge is 2.21. The van der Waals surface area contributed by atoms with E-state index in [1.54, 1.807) is 0 Å². The zero-order valence-electron chi connectivity index (χ0n) is 5.84. The van der Waals surface area contributed by atoms with Crippen LogP contribution in [0.3, 0.4) is 0 Å². The molecule has 1 heterocycles. The summed E-state index contributed by atoms with van der Waals surface area (Å²) in [6.07, 6.45) is 2.76. The van der Waals surface area contributed by atoms with Gasteiger partial charge in [0.25, 0.3) is 0 Å². The Hall–Kier alpha value is -0.0800. The van der Waals surface area contributed by atoms with Gasteiger partial charge in [-0.3, -0.25) is 0 Å². The van der Waals surface area contributed by atoms with Crippen molar-refractivity contribution in [3.8, 4) is 0 Å². The van der Waals surface area contributed by atoms with Gasteiger partial charge in [-0.2, -0.15) is 0 Å². The van der Waals surface area contributed by atoms with E-state index in [1.807, 2.05) is 0 Å². The van der Waals surface area contributed by atoms with Gasteiger partial charge in [-0.25, -0.2) is 0 Å². The molecule has 1 aliphatic rings. The summed E-state index contributed by atoms with van der Waals surface area (Å²) in [5.41, 5.74) is 0. The first-order valence-corrected chi connectivity index (χ1v) is 3.62. The van der Waals surface area contributed by atoms with E-state index in [4.69, 9.17) is 9.84 Å². The van der Waals surface area contributed by atoms with Crippen LogP contribution in [0.2, 0.25) is 0 Å². The maximum absolute atomic E-state index is 8.90. The maximum atomic E-state index is 8.90. The molecule has 0 bridgehead atoms. The van der Waals surface area contributed by atoms with Gasteiger partial charge in [-0.15, -0.1) is 0 Å². The molecule has 1 N–H and O–H groups in total. The minimum atomic E-state index is -0.471. The fraction of sp³-hybridized carbons (Fsp3) is 1.00.